The third-order valence-electron chi connectivity index (χ3n) is 2.23. The van der Waals surface area contributed by atoms with Gasteiger partial charge in [-0.2, -0.15) is 0 Å². The fraction of sp³-hybridized carbons (Fsp3) is 0.417. The molecule has 0 atom stereocenters. The fourth-order valence-electron chi connectivity index (χ4n) is 1.26. The SMILES string of the molecule is CCCCNC(=O)CNc1ccc(Br)c(Cl)c1. The molecule has 0 radical (unpaired) electrons. The van der Waals surface area contributed by atoms with E-state index in [-0.39, 0.29) is 12.5 Å². The van der Waals surface area contributed by atoms with Crippen molar-refractivity contribution in [3.63, 3.8) is 0 Å². The van der Waals surface area contributed by atoms with Crippen LogP contribution in [0.5, 0.6) is 0 Å². The number of hydrogen-bond donors (Lipinski definition) is 2. The summed E-state index contributed by atoms with van der Waals surface area (Å²) in [6.07, 6.45) is 2.09. The van der Waals surface area contributed by atoms with E-state index in [1.165, 1.54) is 0 Å². The Labute approximate surface area is 115 Å². The number of rotatable bonds is 6. The van der Waals surface area contributed by atoms with Crippen molar-refractivity contribution in [1.29, 1.82) is 0 Å². The largest absolute Gasteiger partial charge is 0.376 e. The first-order valence-corrected chi connectivity index (χ1v) is 6.76. The number of carbonyl (C=O) groups excluding carboxylic acids is 1. The van der Waals surface area contributed by atoms with Crippen LogP contribution in [-0.2, 0) is 4.79 Å². The van der Waals surface area contributed by atoms with Gasteiger partial charge in [-0.25, -0.2) is 0 Å². The molecule has 1 aromatic carbocycles. The molecule has 0 saturated carbocycles. The second-order valence-corrected chi connectivity index (χ2v) is 4.95. The van der Waals surface area contributed by atoms with Crippen LogP contribution < -0.4 is 10.6 Å². The number of carbonyl (C=O) groups is 1. The van der Waals surface area contributed by atoms with E-state index in [4.69, 9.17) is 11.6 Å². The molecule has 0 heterocycles. The van der Waals surface area contributed by atoms with Gasteiger partial charge in [-0.05, 0) is 40.5 Å². The average Bonchev–Trinajstić information content (AvgIpc) is 2.31. The lowest BCUT2D eigenvalue weighted by atomic mass is 10.3. The van der Waals surface area contributed by atoms with E-state index in [9.17, 15) is 4.79 Å². The number of unbranched alkanes of at least 4 members (excludes halogenated alkanes) is 1. The van der Waals surface area contributed by atoms with Crippen LogP contribution in [0.4, 0.5) is 5.69 Å². The standard InChI is InChI=1S/C12H16BrClN2O/c1-2-3-6-15-12(17)8-16-9-4-5-10(13)11(14)7-9/h4-5,7,16H,2-3,6,8H2,1H3,(H,15,17). The molecule has 1 amide bonds. The smallest absolute Gasteiger partial charge is 0.239 e. The van der Waals surface area contributed by atoms with Gasteiger partial charge in [0.15, 0.2) is 0 Å². The van der Waals surface area contributed by atoms with Crippen LogP contribution in [0.25, 0.3) is 0 Å². The van der Waals surface area contributed by atoms with Crippen molar-refractivity contribution in [2.75, 3.05) is 18.4 Å². The third kappa shape index (κ3) is 5.41. The fourth-order valence-corrected chi connectivity index (χ4v) is 1.68. The quantitative estimate of drug-likeness (QED) is 0.789. The maximum absolute atomic E-state index is 11.4. The van der Waals surface area contributed by atoms with Gasteiger partial charge in [0.1, 0.15) is 0 Å². The molecule has 0 aromatic heterocycles. The molecule has 0 saturated heterocycles. The van der Waals surface area contributed by atoms with E-state index < -0.39 is 0 Å². The summed E-state index contributed by atoms with van der Waals surface area (Å²) in [5, 5.41) is 6.48. The first-order valence-electron chi connectivity index (χ1n) is 5.59. The number of nitrogens with one attached hydrogen (secondary N) is 2. The van der Waals surface area contributed by atoms with Gasteiger partial charge in [0.2, 0.25) is 5.91 Å². The van der Waals surface area contributed by atoms with Crippen molar-refractivity contribution in [3.8, 4) is 0 Å². The van der Waals surface area contributed by atoms with Crippen molar-refractivity contribution in [3.05, 3.63) is 27.7 Å². The molecule has 1 rings (SSSR count). The number of benzene rings is 1. The van der Waals surface area contributed by atoms with Gasteiger partial charge in [-0.3, -0.25) is 4.79 Å². The number of halogens is 2. The van der Waals surface area contributed by atoms with E-state index in [0.29, 0.717) is 5.02 Å². The van der Waals surface area contributed by atoms with Crippen LogP contribution in [-0.4, -0.2) is 19.0 Å². The first kappa shape index (κ1) is 14.3. The highest BCUT2D eigenvalue weighted by atomic mass is 79.9. The first-order chi connectivity index (χ1) is 8.13. The highest BCUT2D eigenvalue weighted by molar-refractivity contribution is 9.10. The molecule has 0 aliphatic heterocycles. The van der Waals surface area contributed by atoms with Gasteiger partial charge < -0.3 is 10.6 Å². The molecule has 0 spiro atoms. The van der Waals surface area contributed by atoms with Gasteiger partial charge in [-0.1, -0.05) is 24.9 Å². The number of hydrogen-bond acceptors (Lipinski definition) is 2. The number of amides is 1. The lowest BCUT2D eigenvalue weighted by Gasteiger charge is -2.08. The van der Waals surface area contributed by atoms with Crippen molar-refractivity contribution in [2.24, 2.45) is 0 Å². The van der Waals surface area contributed by atoms with Crippen LogP contribution in [0, 0.1) is 0 Å². The Bertz CT molecular complexity index is 385. The van der Waals surface area contributed by atoms with Crippen molar-refractivity contribution in [1.82, 2.24) is 5.32 Å². The Morgan fingerprint density at radius 2 is 2.24 bits per heavy atom. The minimum Gasteiger partial charge on any atom is -0.376 e. The minimum atomic E-state index is -0.00232. The molecule has 0 fully saturated rings. The van der Waals surface area contributed by atoms with E-state index in [1.807, 2.05) is 12.1 Å². The van der Waals surface area contributed by atoms with Crippen molar-refractivity contribution in [2.45, 2.75) is 19.8 Å². The van der Waals surface area contributed by atoms with Gasteiger partial charge in [0.25, 0.3) is 0 Å². The molecule has 1 aromatic rings. The normalized spacial score (nSPS) is 10.1. The molecule has 0 bridgehead atoms. The molecule has 5 heteroatoms. The zero-order valence-electron chi connectivity index (χ0n) is 9.72. The number of anilines is 1. The zero-order chi connectivity index (χ0) is 12.7. The minimum absolute atomic E-state index is 0.00232. The van der Waals surface area contributed by atoms with Gasteiger partial charge in [0, 0.05) is 16.7 Å². The second-order valence-electron chi connectivity index (χ2n) is 3.69. The molecule has 0 aliphatic rings. The summed E-state index contributed by atoms with van der Waals surface area (Å²) >= 11 is 9.26. The predicted molar refractivity (Wildman–Crippen MR) is 75.6 cm³/mol. The Hall–Kier alpha value is -0.740. The highest BCUT2D eigenvalue weighted by Crippen LogP contribution is 2.25. The lowest BCUT2D eigenvalue weighted by molar-refractivity contribution is -0.119. The van der Waals surface area contributed by atoms with Gasteiger partial charge >= 0.3 is 0 Å². The van der Waals surface area contributed by atoms with Crippen LogP contribution in [0.1, 0.15) is 19.8 Å². The third-order valence-corrected chi connectivity index (χ3v) is 3.46. The molecular weight excluding hydrogens is 304 g/mol. The predicted octanol–water partition coefficient (Wildman–Crippen LogP) is 3.43. The van der Waals surface area contributed by atoms with E-state index in [2.05, 4.69) is 33.5 Å². The summed E-state index contributed by atoms with van der Waals surface area (Å²) in [6, 6.07) is 5.50. The molecule has 0 aliphatic carbocycles. The summed E-state index contributed by atoms with van der Waals surface area (Å²) in [7, 11) is 0. The molecular formula is C12H16BrClN2O. The van der Waals surface area contributed by atoms with Gasteiger partial charge in [-0.15, -0.1) is 0 Å². The molecule has 2 N–H and O–H groups in total. The van der Waals surface area contributed by atoms with Crippen molar-refractivity contribution >= 4 is 39.1 Å². The molecule has 17 heavy (non-hydrogen) atoms. The molecule has 94 valence electrons. The Morgan fingerprint density at radius 1 is 1.47 bits per heavy atom. The summed E-state index contributed by atoms with van der Waals surface area (Å²) < 4.78 is 0.845. The van der Waals surface area contributed by atoms with Crippen LogP contribution in [0.3, 0.4) is 0 Å². The topological polar surface area (TPSA) is 41.1 Å². The molecule has 3 nitrogen and oxygen atoms in total. The summed E-state index contributed by atoms with van der Waals surface area (Å²) in [5.41, 5.74) is 0.837. The molecule has 0 unspecified atom stereocenters. The monoisotopic (exact) mass is 318 g/mol. The summed E-state index contributed by atoms with van der Waals surface area (Å²) in [6.45, 7) is 3.09. The van der Waals surface area contributed by atoms with Crippen LogP contribution >= 0.6 is 27.5 Å². The Balaban J connectivity index is 2.34. The second kappa shape index (κ2) is 7.56. The summed E-state index contributed by atoms with van der Waals surface area (Å²) in [5.74, 6) is -0.00232. The average molecular weight is 320 g/mol. The van der Waals surface area contributed by atoms with E-state index in [0.717, 1.165) is 29.5 Å². The Morgan fingerprint density at radius 3 is 2.88 bits per heavy atom. The Kier molecular flexibility index (Phi) is 6.37. The van der Waals surface area contributed by atoms with Gasteiger partial charge in [0.05, 0.1) is 11.6 Å². The van der Waals surface area contributed by atoms with E-state index in [1.54, 1.807) is 6.07 Å². The van der Waals surface area contributed by atoms with E-state index >= 15 is 0 Å². The lowest BCUT2D eigenvalue weighted by Crippen LogP contribution is -2.30. The maximum atomic E-state index is 11.4. The summed E-state index contributed by atoms with van der Waals surface area (Å²) in [4.78, 5) is 11.4. The zero-order valence-corrected chi connectivity index (χ0v) is 12.1. The maximum Gasteiger partial charge on any atom is 0.239 e. The highest BCUT2D eigenvalue weighted by Gasteiger charge is 2.02. The van der Waals surface area contributed by atoms with Crippen LogP contribution in [0.2, 0.25) is 5.02 Å². The van der Waals surface area contributed by atoms with Crippen LogP contribution in [0.15, 0.2) is 22.7 Å². The van der Waals surface area contributed by atoms with Crippen molar-refractivity contribution < 1.29 is 4.79 Å².